The molecule has 3 nitrogen and oxygen atoms in total. The maximum atomic E-state index is 6.03. The van der Waals surface area contributed by atoms with Crippen LogP contribution in [0.25, 0.3) is 5.69 Å². The van der Waals surface area contributed by atoms with Gasteiger partial charge in [0.05, 0.1) is 21.4 Å². The first kappa shape index (κ1) is 14.0. The van der Waals surface area contributed by atoms with E-state index in [1.54, 1.807) is 12.3 Å². The van der Waals surface area contributed by atoms with Crippen molar-refractivity contribution >= 4 is 28.9 Å². The zero-order valence-corrected chi connectivity index (χ0v) is 12.6. The molecule has 0 amide bonds. The number of hydrogen-bond donors (Lipinski definition) is 1. The predicted molar refractivity (Wildman–Crippen MR) is 87.4 cm³/mol. The van der Waals surface area contributed by atoms with E-state index in [9.17, 15) is 0 Å². The van der Waals surface area contributed by atoms with Crippen molar-refractivity contribution in [1.82, 2.24) is 9.78 Å². The monoisotopic (exact) mass is 317 g/mol. The van der Waals surface area contributed by atoms with Crippen LogP contribution in [-0.4, -0.2) is 9.78 Å². The summed E-state index contributed by atoms with van der Waals surface area (Å²) < 4.78 is 1.83. The van der Waals surface area contributed by atoms with Crippen LogP contribution in [0.15, 0.2) is 60.9 Å². The molecule has 0 aliphatic carbocycles. The van der Waals surface area contributed by atoms with Gasteiger partial charge in [-0.2, -0.15) is 5.10 Å². The first-order valence-corrected chi connectivity index (χ1v) is 7.26. The Kier molecular flexibility index (Phi) is 4.13. The van der Waals surface area contributed by atoms with Gasteiger partial charge in [0.15, 0.2) is 0 Å². The molecule has 0 atom stereocenters. The van der Waals surface area contributed by atoms with Gasteiger partial charge in [0.25, 0.3) is 0 Å². The van der Waals surface area contributed by atoms with Crippen LogP contribution in [0.3, 0.4) is 0 Å². The molecule has 0 fully saturated rings. The fourth-order valence-corrected chi connectivity index (χ4v) is 2.40. The van der Waals surface area contributed by atoms with Crippen LogP contribution in [-0.2, 0) is 6.54 Å². The van der Waals surface area contributed by atoms with Crippen LogP contribution in [0, 0.1) is 0 Å². The van der Waals surface area contributed by atoms with Crippen LogP contribution in [0.2, 0.25) is 10.0 Å². The molecule has 0 unspecified atom stereocenters. The summed E-state index contributed by atoms with van der Waals surface area (Å²) >= 11 is 12.0. The lowest BCUT2D eigenvalue weighted by molar-refractivity contribution is 0.879. The first-order chi connectivity index (χ1) is 10.2. The second-order valence-electron chi connectivity index (χ2n) is 4.57. The Morgan fingerprint density at radius 2 is 1.86 bits per heavy atom. The van der Waals surface area contributed by atoms with Crippen molar-refractivity contribution in [3.8, 4) is 5.69 Å². The van der Waals surface area contributed by atoms with E-state index in [4.69, 9.17) is 23.2 Å². The average molecular weight is 318 g/mol. The van der Waals surface area contributed by atoms with Gasteiger partial charge in [-0.3, -0.25) is 0 Å². The number of nitrogens with zero attached hydrogens (tertiary/aromatic N) is 2. The van der Waals surface area contributed by atoms with Crippen molar-refractivity contribution in [2.75, 3.05) is 5.32 Å². The van der Waals surface area contributed by atoms with Gasteiger partial charge in [0.2, 0.25) is 0 Å². The summed E-state index contributed by atoms with van der Waals surface area (Å²) in [7, 11) is 0. The standard InChI is InChI=1S/C16H13Cl2N3/c17-13-7-6-12(10-14(13)18)11-19-15-4-1-2-5-16(15)21-9-3-8-20-21/h1-10,19H,11H2. The smallest absolute Gasteiger partial charge is 0.0876 e. The number of para-hydroxylation sites is 2. The molecule has 3 aromatic rings. The number of anilines is 1. The molecular formula is C16H13Cl2N3. The third-order valence-electron chi connectivity index (χ3n) is 3.12. The summed E-state index contributed by atoms with van der Waals surface area (Å²) in [4.78, 5) is 0. The molecule has 1 heterocycles. The number of aromatic nitrogens is 2. The van der Waals surface area contributed by atoms with Gasteiger partial charge in [-0.05, 0) is 35.9 Å². The normalized spacial score (nSPS) is 10.6. The largest absolute Gasteiger partial charge is 0.379 e. The summed E-state index contributed by atoms with van der Waals surface area (Å²) in [6, 6.07) is 15.5. The number of benzene rings is 2. The van der Waals surface area contributed by atoms with E-state index in [1.165, 1.54) is 0 Å². The molecule has 0 radical (unpaired) electrons. The topological polar surface area (TPSA) is 29.9 Å². The molecule has 21 heavy (non-hydrogen) atoms. The van der Waals surface area contributed by atoms with Crippen LogP contribution < -0.4 is 5.32 Å². The van der Waals surface area contributed by atoms with E-state index >= 15 is 0 Å². The second kappa shape index (κ2) is 6.20. The van der Waals surface area contributed by atoms with Crippen molar-refractivity contribution in [2.24, 2.45) is 0 Å². The lowest BCUT2D eigenvalue weighted by Gasteiger charge is -2.12. The lowest BCUT2D eigenvalue weighted by atomic mass is 10.2. The fraction of sp³-hybridized carbons (Fsp3) is 0.0625. The van der Waals surface area contributed by atoms with Crippen LogP contribution in [0.1, 0.15) is 5.56 Å². The van der Waals surface area contributed by atoms with Gasteiger partial charge in [0, 0.05) is 18.9 Å². The van der Waals surface area contributed by atoms with Gasteiger partial charge in [-0.1, -0.05) is 41.4 Å². The quantitative estimate of drug-likeness (QED) is 0.749. The molecule has 106 valence electrons. The SMILES string of the molecule is Clc1ccc(CNc2ccccc2-n2cccn2)cc1Cl. The highest BCUT2D eigenvalue weighted by atomic mass is 35.5. The number of nitrogens with one attached hydrogen (secondary N) is 1. The highest BCUT2D eigenvalue weighted by molar-refractivity contribution is 6.42. The zero-order chi connectivity index (χ0) is 14.7. The predicted octanol–water partition coefficient (Wildman–Crippen LogP) is 4.79. The van der Waals surface area contributed by atoms with Gasteiger partial charge in [-0.25, -0.2) is 4.68 Å². The minimum atomic E-state index is 0.566. The molecule has 3 rings (SSSR count). The molecule has 2 aromatic carbocycles. The van der Waals surface area contributed by atoms with Gasteiger partial charge < -0.3 is 5.32 Å². The number of hydrogen-bond acceptors (Lipinski definition) is 2. The zero-order valence-electron chi connectivity index (χ0n) is 11.1. The summed E-state index contributed by atoms with van der Waals surface area (Å²) in [5, 5.41) is 8.80. The molecule has 0 spiro atoms. The Morgan fingerprint density at radius 3 is 2.62 bits per heavy atom. The molecule has 0 aliphatic rings. The third-order valence-corrected chi connectivity index (χ3v) is 3.86. The lowest BCUT2D eigenvalue weighted by Crippen LogP contribution is -2.04. The fourth-order valence-electron chi connectivity index (χ4n) is 2.08. The van der Waals surface area contributed by atoms with Crippen molar-refractivity contribution in [1.29, 1.82) is 0 Å². The molecule has 0 aliphatic heterocycles. The van der Waals surface area contributed by atoms with E-state index in [0.717, 1.165) is 16.9 Å². The average Bonchev–Trinajstić information content (AvgIpc) is 3.03. The molecule has 0 bridgehead atoms. The van der Waals surface area contributed by atoms with Crippen molar-refractivity contribution in [3.05, 3.63) is 76.5 Å². The third kappa shape index (κ3) is 3.20. The van der Waals surface area contributed by atoms with Crippen LogP contribution in [0.4, 0.5) is 5.69 Å². The molecule has 0 saturated heterocycles. The Labute approximate surface area is 133 Å². The minimum absolute atomic E-state index is 0.566. The van der Waals surface area contributed by atoms with E-state index in [1.807, 2.05) is 53.3 Å². The number of rotatable bonds is 4. The molecule has 5 heteroatoms. The Morgan fingerprint density at radius 1 is 1.00 bits per heavy atom. The number of halogens is 2. The molecule has 1 aromatic heterocycles. The van der Waals surface area contributed by atoms with E-state index in [2.05, 4.69) is 10.4 Å². The van der Waals surface area contributed by atoms with E-state index in [0.29, 0.717) is 16.6 Å². The van der Waals surface area contributed by atoms with Gasteiger partial charge in [0.1, 0.15) is 0 Å². The first-order valence-electron chi connectivity index (χ1n) is 6.51. The summed E-state index contributed by atoms with van der Waals surface area (Å²) in [6.45, 7) is 0.662. The summed E-state index contributed by atoms with van der Waals surface area (Å²) in [5.41, 5.74) is 3.08. The Balaban J connectivity index is 1.81. The van der Waals surface area contributed by atoms with E-state index in [-0.39, 0.29) is 0 Å². The second-order valence-corrected chi connectivity index (χ2v) is 5.38. The van der Waals surface area contributed by atoms with Gasteiger partial charge >= 0.3 is 0 Å². The molecule has 1 N–H and O–H groups in total. The molecule has 0 saturated carbocycles. The van der Waals surface area contributed by atoms with E-state index < -0.39 is 0 Å². The summed E-state index contributed by atoms with van der Waals surface area (Å²) in [5.74, 6) is 0. The Bertz CT molecular complexity index is 739. The van der Waals surface area contributed by atoms with Crippen molar-refractivity contribution in [2.45, 2.75) is 6.54 Å². The van der Waals surface area contributed by atoms with Gasteiger partial charge in [-0.15, -0.1) is 0 Å². The highest BCUT2D eigenvalue weighted by Crippen LogP contribution is 2.24. The van der Waals surface area contributed by atoms with Crippen LogP contribution >= 0.6 is 23.2 Å². The van der Waals surface area contributed by atoms with Crippen molar-refractivity contribution < 1.29 is 0 Å². The summed E-state index contributed by atoms with van der Waals surface area (Å²) in [6.07, 6.45) is 3.68. The maximum absolute atomic E-state index is 6.03. The minimum Gasteiger partial charge on any atom is -0.379 e. The maximum Gasteiger partial charge on any atom is 0.0876 e. The Hall–Kier alpha value is -1.97. The highest BCUT2D eigenvalue weighted by Gasteiger charge is 2.05. The van der Waals surface area contributed by atoms with Crippen LogP contribution in [0.5, 0.6) is 0 Å². The molecular weight excluding hydrogens is 305 g/mol. The van der Waals surface area contributed by atoms with Crippen molar-refractivity contribution in [3.63, 3.8) is 0 Å².